The van der Waals surface area contributed by atoms with Gasteiger partial charge < -0.3 is 10.1 Å². The lowest BCUT2D eigenvalue weighted by Crippen LogP contribution is -2.29. The van der Waals surface area contributed by atoms with Crippen LogP contribution in [0.15, 0.2) is 53.9 Å². The number of rotatable bonds is 7. The molecule has 0 spiro atoms. The van der Waals surface area contributed by atoms with Gasteiger partial charge in [-0.2, -0.15) is 0 Å². The van der Waals surface area contributed by atoms with E-state index in [0.717, 1.165) is 28.3 Å². The smallest absolute Gasteiger partial charge is 0.226 e. The first kappa shape index (κ1) is 19.0. The summed E-state index contributed by atoms with van der Waals surface area (Å²) in [6.45, 7) is 2.03. The minimum absolute atomic E-state index is 0.0568. The van der Waals surface area contributed by atoms with Crippen molar-refractivity contribution in [3.63, 3.8) is 0 Å². The van der Waals surface area contributed by atoms with Crippen LogP contribution in [-0.2, 0) is 11.2 Å². The molecule has 0 aliphatic carbocycles. The van der Waals surface area contributed by atoms with E-state index >= 15 is 0 Å². The van der Waals surface area contributed by atoms with Crippen LogP contribution in [0, 0.1) is 5.82 Å². The fourth-order valence-electron chi connectivity index (χ4n) is 2.78. The number of nitrogens with one attached hydrogen (secondary N) is 1. The average Bonchev–Trinajstić information content (AvgIpc) is 3.15. The molecule has 1 aromatic heterocycles. The molecule has 0 aliphatic rings. The summed E-state index contributed by atoms with van der Waals surface area (Å²) in [7, 11) is 1.63. The molecule has 3 rings (SSSR count). The van der Waals surface area contributed by atoms with Gasteiger partial charge in [0, 0.05) is 10.9 Å². The number of benzene rings is 2. The number of nitrogens with zero attached hydrogens (tertiary/aromatic N) is 1. The summed E-state index contributed by atoms with van der Waals surface area (Å²) in [6.07, 6.45) is 1.00. The van der Waals surface area contributed by atoms with Gasteiger partial charge in [-0.25, -0.2) is 9.37 Å². The second-order valence-electron chi connectivity index (χ2n) is 6.13. The second kappa shape index (κ2) is 8.77. The first-order valence-corrected chi connectivity index (χ1v) is 9.60. The molecule has 1 N–H and O–H groups in total. The lowest BCUT2D eigenvalue weighted by Gasteiger charge is -2.17. The van der Waals surface area contributed by atoms with Crippen molar-refractivity contribution >= 4 is 17.2 Å². The third-order valence-corrected chi connectivity index (χ3v) is 5.19. The van der Waals surface area contributed by atoms with E-state index in [1.54, 1.807) is 19.2 Å². The molecule has 140 valence electrons. The standard InChI is InChI=1S/C21H21FN2O2S/c1-3-19(14-6-10-18(26-2)11-7-14)24-20(25)12-17-13-27-21(23-17)15-4-8-16(22)9-5-15/h4-11,13,19H,3,12H2,1-2H3,(H,24,25). The lowest BCUT2D eigenvalue weighted by atomic mass is 10.0. The molecular formula is C21H21FN2O2S. The van der Waals surface area contributed by atoms with Crippen molar-refractivity contribution < 1.29 is 13.9 Å². The van der Waals surface area contributed by atoms with E-state index in [1.165, 1.54) is 23.5 Å². The largest absolute Gasteiger partial charge is 0.497 e. The van der Waals surface area contributed by atoms with Crippen molar-refractivity contribution in [2.75, 3.05) is 7.11 Å². The summed E-state index contributed by atoms with van der Waals surface area (Å²) in [5, 5.41) is 5.71. The molecule has 6 heteroatoms. The van der Waals surface area contributed by atoms with Crippen LogP contribution in [0.5, 0.6) is 5.75 Å². The maximum absolute atomic E-state index is 13.0. The SMILES string of the molecule is CCC(NC(=O)Cc1csc(-c2ccc(F)cc2)n1)c1ccc(OC)cc1. The van der Waals surface area contributed by atoms with Gasteiger partial charge in [-0.1, -0.05) is 19.1 Å². The number of amides is 1. The lowest BCUT2D eigenvalue weighted by molar-refractivity contribution is -0.121. The van der Waals surface area contributed by atoms with Gasteiger partial charge in [0.05, 0.1) is 25.3 Å². The molecule has 1 amide bonds. The number of carbonyl (C=O) groups excluding carboxylic acids is 1. The van der Waals surface area contributed by atoms with Crippen LogP contribution in [-0.4, -0.2) is 18.0 Å². The second-order valence-corrected chi connectivity index (χ2v) is 6.99. The number of aromatic nitrogens is 1. The Morgan fingerprint density at radius 1 is 1.19 bits per heavy atom. The summed E-state index contributed by atoms with van der Waals surface area (Å²) in [6, 6.07) is 13.8. The average molecular weight is 384 g/mol. The van der Waals surface area contributed by atoms with Gasteiger partial charge in [0.25, 0.3) is 0 Å². The van der Waals surface area contributed by atoms with Crippen LogP contribution < -0.4 is 10.1 Å². The summed E-state index contributed by atoms with van der Waals surface area (Å²) in [4.78, 5) is 16.9. The first-order valence-electron chi connectivity index (χ1n) is 8.72. The Hall–Kier alpha value is -2.73. The van der Waals surface area contributed by atoms with Gasteiger partial charge in [0.1, 0.15) is 16.6 Å². The highest BCUT2D eigenvalue weighted by atomic mass is 32.1. The predicted molar refractivity (Wildman–Crippen MR) is 105 cm³/mol. The van der Waals surface area contributed by atoms with Gasteiger partial charge in [-0.3, -0.25) is 4.79 Å². The molecule has 0 bridgehead atoms. The monoisotopic (exact) mass is 384 g/mol. The van der Waals surface area contributed by atoms with Crippen LogP contribution in [0.25, 0.3) is 10.6 Å². The summed E-state index contributed by atoms with van der Waals surface area (Å²) in [5.41, 5.74) is 2.59. The summed E-state index contributed by atoms with van der Waals surface area (Å²) < 4.78 is 18.2. The van der Waals surface area contributed by atoms with E-state index in [1.807, 2.05) is 36.6 Å². The molecular weight excluding hydrogens is 363 g/mol. The Kier molecular flexibility index (Phi) is 6.19. The van der Waals surface area contributed by atoms with Crippen molar-refractivity contribution in [3.05, 3.63) is 71.0 Å². The van der Waals surface area contributed by atoms with Crippen LogP contribution >= 0.6 is 11.3 Å². The Morgan fingerprint density at radius 2 is 1.89 bits per heavy atom. The van der Waals surface area contributed by atoms with Crippen molar-refractivity contribution in [2.45, 2.75) is 25.8 Å². The Labute approximate surface area is 162 Å². The molecule has 1 atom stereocenters. The minimum Gasteiger partial charge on any atom is -0.497 e. The quantitative estimate of drug-likeness (QED) is 0.638. The Bertz CT molecular complexity index is 891. The van der Waals surface area contributed by atoms with E-state index in [-0.39, 0.29) is 24.2 Å². The number of hydrogen-bond donors (Lipinski definition) is 1. The number of methoxy groups -OCH3 is 1. The molecule has 0 fully saturated rings. The summed E-state index contributed by atoms with van der Waals surface area (Å²) in [5.74, 6) is 0.434. The number of carbonyl (C=O) groups is 1. The fourth-order valence-corrected chi connectivity index (χ4v) is 3.61. The number of halogens is 1. The van der Waals surface area contributed by atoms with Crippen molar-refractivity contribution in [1.82, 2.24) is 10.3 Å². The van der Waals surface area contributed by atoms with E-state index in [2.05, 4.69) is 10.3 Å². The predicted octanol–water partition coefficient (Wildman–Crippen LogP) is 4.77. The molecule has 0 aliphatic heterocycles. The highest BCUT2D eigenvalue weighted by Gasteiger charge is 2.15. The molecule has 2 aromatic carbocycles. The molecule has 4 nitrogen and oxygen atoms in total. The van der Waals surface area contributed by atoms with E-state index in [4.69, 9.17) is 4.74 Å². The third-order valence-electron chi connectivity index (χ3n) is 4.25. The highest BCUT2D eigenvalue weighted by Crippen LogP contribution is 2.24. The third kappa shape index (κ3) is 4.92. The van der Waals surface area contributed by atoms with Crippen molar-refractivity contribution in [3.8, 4) is 16.3 Å². The zero-order valence-corrected chi connectivity index (χ0v) is 16.1. The first-order chi connectivity index (χ1) is 13.1. The zero-order chi connectivity index (χ0) is 19.2. The molecule has 3 aromatic rings. The maximum atomic E-state index is 13.0. The van der Waals surface area contributed by atoms with Gasteiger partial charge in [-0.15, -0.1) is 11.3 Å². The van der Waals surface area contributed by atoms with Crippen molar-refractivity contribution in [1.29, 1.82) is 0 Å². The molecule has 1 heterocycles. The Balaban J connectivity index is 1.63. The van der Waals surface area contributed by atoms with E-state index in [9.17, 15) is 9.18 Å². The topological polar surface area (TPSA) is 51.2 Å². The van der Waals surface area contributed by atoms with Gasteiger partial charge in [-0.05, 0) is 48.4 Å². The zero-order valence-electron chi connectivity index (χ0n) is 15.2. The molecule has 27 heavy (non-hydrogen) atoms. The molecule has 0 saturated carbocycles. The van der Waals surface area contributed by atoms with Gasteiger partial charge in [0.2, 0.25) is 5.91 Å². The van der Waals surface area contributed by atoms with Crippen molar-refractivity contribution in [2.24, 2.45) is 0 Å². The van der Waals surface area contributed by atoms with Crippen LogP contribution in [0.4, 0.5) is 4.39 Å². The fraction of sp³-hybridized carbons (Fsp3) is 0.238. The van der Waals surface area contributed by atoms with E-state index in [0.29, 0.717) is 5.69 Å². The minimum atomic E-state index is -0.279. The summed E-state index contributed by atoms with van der Waals surface area (Å²) >= 11 is 1.45. The normalized spacial score (nSPS) is 11.8. The van der Waals surface area contributed by atoms with E-state index < -0.39 is 0 Å². The van der Waals surface area contributed by atoms with Crippen LogP contribution in [0.1, 0.15) is 30.6 Å². The number of ether oxygens (including phenoxy) is 1. The number of thiazole rings is 1. The molecule has 0 radical (unpaired) electrons. The van der Waals surface area contributed by atoms with Gasteiger partial charge in [0.15, 0.2) is 0 Å². The molecule has 1 unspecified atom stereocenters. The molecule has 0 saturated heterocycles. The van der Waals surface area contributed by atoms with Crippen LogP contribution in [0.2, 0.25) is 0 Å². The number of hydrogen-bond acceptors (Lipinski definition) is 4. The highest BCUT2D eigenvalue weighted by molar-refractivity contribution is 7.13. The van der Waals surface area contributed by atoms with Gasteiger partial charge >= 0.3 is 0 Å². The van der Waals surface area contributed by atoms with Crippen LogP contribution in [0.3, 0.4) is 0 Å². The Morgan fingerprint density at radius 3 is 2.52 bits per heavy atom. The maximum Gasteiger partial charge on any atom is 0.226 e.